The van der Waals surface area contributed by atoms with Gasteiger partial charge in [0, 0.05) is 36.4 Å². The SMILES string of the molecule is COc1cccc(N2C(=O)CSC23CCN(S(=O)(=O)c2cccc4cccnc24)CC3)c1. The van der Waals surface area contributed by atoms with Gasteiger partial charge in [-0.25, -0.2) is 8.42 Å². The summed E-state index contributed by atoms with van der Waals surface area (Å²) < 4.78 is 33.8. The lowest BCUT2D eigenvalue weighted by atomic mass is 10.0. The second-order valence-corrected chi connectivity index (χ2v) is 11.1. The molecule has 1 spiro atoms. The van der Waals surface area contributed by atoms with E-state index in [4.69, 9.17) is 4.74 Å². The number of nitrogens with zero attached hydrogens (tertiary/aromatic N) is 3. The molecule has 3 heterocycles. The van der Waals surface area contributed by atoms with E-state index in [-0.39, 0.29) is 10.8 Å². The third-order valence-corrected chi connectivity index (χ3v) is 9.60. The quantitative estimate of drug-likeness (QED) is 0.582. The largest absolute Gasteiger partial charge is 0.497 e. The van der Waals surface area contributed by atoms with Gasteiger partial charge in [0.1, 0.15) is 10.6 Å². The maximum atomic E-state index is 13.5. The monoisotopic (exact) mass is 469 g/mol. The van der Waals surface area contributed by atoms with E-state index in [0.717, 1.165) is 11.1 Å². The van der Waals surface area contributed by atoms with Crippen LogP contribution in [0.4, 0.5) is 5.69 Å². The molecular formula is C23H23N3O4S2. The van der Waals surface area contributed by atoms with E-state index in [0.29, 0.717) is 43.0 Å². The second kappa shape index (κ2) is 8.06. The summed E-state index contributed by atoms with van der Waals surface area (Å²) in [5, 5.41) is 0.795. The van der Waals surface area contributed by atoms with Crippen LogP contribution >= 0.6 is 11.8 Å². The molecule has 9 heteroatoms. The fraction of sp³-hybridized carbons (Fsp3) is 0.304. The Morgan fingerprint density at radius 1 is 1.06 bits per heavy atom. The number of amides is 1. The molecule has 0 saturated carbocycles. The van der Waals surface area contributed by atoms with Crippen LogP contribution in [0.3, 0.4) is 0 Å². The molecule has 2 aromatic carbocycles. The molecule has 0 radical (unpaired) electrons. The Labute approximate surface area is 191 Å². The van der Waals surface area contributed by atoms with Gasteiger partial charge in [-0.1, -0.05) is 24.3 Å². The zero-order valence-electron chi connectivity index (χ0n) is 17.6. The average Bonchev–Trinajstić information content (AvgIpc) is 3.14. The van der Waals surface area contributed by atoms with Gasteiger partial charge in [-0.3, -0.25) is 14.7 Å². The van der Waals surface area contributed by atoms with Crippen LogP contribution < -0.4 is 9.64 Å². The van der Waals surface area contributed by atoms with Crippen molar-refractivity contribution in [1.29, 1.82) is 0 Å². The number of methoxy groups -OCH3 is 1. The number of fused-ring (bicyclic) bond motifs is 1. The molecule has 1 amide bonds. The molecule has 1 aromatic heterocycles. The third kappa shape index (κ3) is 3.44. The minimum absolute atomic E-state index is 0.0396. The zero-order valence-corrected chi connectivity index (χ0v) is 19.2. The molecule has 2 aliphatic heterocycles. The Morgan fingerprint density at radius 2 is 1.81 bits per heavy atom. The molecule has 2 fully saturated rings. The van der Waals surface area contributed by atoms with Crippen LogP contribution in [-0.2, 0) is 14.8 Å². The highest BCUT2D eigenvalue weighted by molar-refractivity contribution is 8.02. The number of anilines is 1. The first-order valence-corrected chi connectivity index (χ1v) is 12.8. The van der Waals surface area contributed by atoms with Crippen molar-refractivity contribution in [2.45, 2.75) is 22.6 Å². The number of carbonyl (C=O) groups is 1. The van der Waals surface area contributed by atoms with Crippen LogP contribution in [0.1, 0.15) is 12.8 Å². The van der Waals surface area contributed by atoms with Crippen LogP contribution in [0.25, 0.3) is 10.9 Å². The number of pyridine rings is 1. The molecule has 5 rings (SSSR count). The van der Waals surface area contributed by atoms with Gasteiger partial charge in [0.2, 0.25) is 15.9 Å². The number of carbonyl (C=O) groups excluding carboxylic acids is 1. The van der Waals surface area contributed by atoms with Crippen molar-refractivity contribution in [1.82, 2.24) is 9.29 Å². The lowest BCUT2D eigenvalue weighted by Crippen LogP contribution is -2.53. The highest BCUT2D eigenvalue weighted by atomic mass is 32.2. The lowest BCUT2D eigenvalue weighted by molar-refractivity contribution is -0.116. The summed E-state index contributed by atoms with van der Waals surface area (Å²) in [4.78, 5) is 18.7. The van der Waals surface area contributed by atoms with E-state index in [9.17, 15) is 13.2 Å². The Bertz CT molecular complexity index is 1280. The standard InChI is InChI=1S/C23H23N3O4S2/c1-30-19-8-3-7-18(15-19)26-21(27)16-31-23(26)10-13-25(14-11-23)32(28,29)20-9-2-5-17-6-4-12-24-22(17)20/h2-9,12,15H,10-11,13-14,16H2,1H3. The maximum absolute atomic E-state index is 13.5. The van der Waals surface area contributed by atoms with Gasteiger partial charge >= 0.3 is 0 Å². The van der Waals surface area contributed by atoms with Crippen molar-refractivity contribution in [3.8, 4) is 5.75 Å². The molecule has 0 atom stereocenters. The van der Waals surface area contributed by atoms with Crippen molar-refractivity contribution in [2.24, 2.45) is 0 Å². The van der Waals surface area contributed by atoms with Crippen LogP contribution in [-0.4, -0.2) is 54.4 Å². The Kier molecular flexibility index (Phi) is 5.35. The smallest absolute Gasteiger partial charge is 0.245 e. The molecule has 0 N–H and O–H groups in total. The van der Waals surface area contributed by atoms with E-state index >= 15 is 0 Å². The summed E-state index contributed by atoms with van der Waals surface area (Å²) >= 11 is 1.60. The first kappa shape index (κ1) is 21.2. The number of benzene rings is 2. The third-order valence-electron chi connectivity index (χ3n) is 6.15. The normalized spacial score (nSPS) is 19.0. The molecular weight excluding hydrogens is 446 g/mol. The number of sulfonamides is 1. The number of piperidine rings is 1. The van der Waals surface area contributed by atoms with E-state index in [1.165, 1.54) is 4.31 Å². The highest BCUT2D eigenvalue weighted by Crippen LogP contribution is 2.47. The van der Waals surface area contributed by atoms with Crippen molar-refractivity contribution in [3.05, 3.63) is 60.8 Å². The predicted octanol–water partition coefficient (Wildman–Crippen LogP) is 3.50. The topological polar surface area (TPSA) is 79.8 Å². The van der Waals surface area contributed by atoms with E-state index in [2.05, 4.69) is 4.98 Å². The minimum atomic E-state index is -3.70. The first-order valence-electron chi connectivity index (χ1n) is 10.4. The number of aromatic nitrogens is 1. The van der Waals surface area contributed by atoms with Gasteiger partial charge in [-0.05, 0) is 37.1 Å². The fourth-order valence-corrected chi connectivity index (χ4v) is 7.48. The Hall–Kier alpha value is -2.62. The fourth-order valence-electron chi connectivity index (χ4n) is 4.55. The molecule has 0 unspecified atom stereocenters. The Balaban J connectivity index is 1.43. The van der Waals surface area contributed by atoms with Crippen LogP contribution in [0, 0.1) is 0 Å². The summed E-state index contributed by atoms with van der Waals surface area (Å²) in [5.74, 6) is 1.11. The van der Waals surface area contributed by atoms with E-state index in [1.54, 1.807) is 43.3 Å². The van der Waals surface area contributed by atoms with Crippen molar-refractivity contribution in [3.63, 3.8) is 0 Å². The molecule has 2 aliphatic rings. The summed E-state index contributed by atoms with van der Waals surface area (Å²) in [6, 6.07) is 16.4. The number of para-hydroxylation sites is 1. The molecule has 2 saturated heterocycles. The van der Waals surface area contributed by atoms with E-state index < -0.39 is 14.9 Å². The van der Waals surface area contributed by atoms with Gasteiger partial charge in [-0.2, -0.15) is 4.31 Å². The molecule has 32 heavy (non-hydrogen) atoms. The molecule has 3 aromatic rings. The second-order valence-electron chi connectivity index (χ2n) is 7.90. The number of ether oxygens (including phenoxy) is 1. The van der Waals surface area contributed by atoms with Crippen molar-refractivity contribution in [2.75, 3.05) is 30.9 Å². The molecule has 166 valence electrons. The van der Waals surface area contributed by atoms with Gasteiger partial charge < -0.3 is 4.74 Å². The lowest BCUT2D eigenvalue weighted by Gasteiger charge is -2.43. The zero-order chi connectivity index (χ0) is 22.3. The van der Waals surface area contributed by atoms with Gasteiger partial charge in [-0.15, -0.1) is 11.8 Å². The summed E-state index contributed by atoms with van der Waals surface area (Å²) in [6.07, 6.45) is 2.72. The molecule has 7 nitrogen and oxygen atoms in total. The van der Waals surface area contributed by atoms with Gasteiger partial charge in [0.15, 0.2) is 0 Å². The highest BCUT2D eigenvalue weighted by Gasteiger charge is 2.50. The first-order chi connectivity index (χ1) is 15.4. The average molecular weight is 470 g/mol. The summed E-state index contributed by atoms with van der Waals surface area (Å²) in [6.45, 7) is 0.679. The van der Waals surface area contributed by atoms with Crippen LogP contribution in [0.2, 0.25) is 0 Å². The van der Waals surface area contributed by atoms with E-state index in [1.807, 2.05) is 41.3 Å². The van der Waals surface area contributed by atoms with Gasteiger partial charge in [0.25, 0.3) is 0 Å². The predicted molar refractivity (Wildman–Crippen MR) is 125 cm³/mol. The maximum Gasteiger partial charge on any atom is 0.245 e. The minimum Gasteiger partial charge on any atom is -0.497 e. The number of rotatable bonds is 4. The number of hydrogen-bond donors (Lipinski definition) is 0. The Morgan fingerprint density at radius 3 is 2.59 bits per heavy atom. The van der Waals surface area contributed by atoms with Crippen LogP contribution in [0.5, 0.6) is 5.75 Å². The summed E-state index contributed by atoms with van der Waals surface area (Å²) in [5.41, 5.74) is 1.27. The van der Waals surface area contributed by atoms with Crippen molar-refractivity contribution >= 4 is 44.3 Å². The summed E-state index contributed by atoms with van der Waals surface area (Å²) in [7, 11) is -2.10. The number of thioether (sulfide) groups is 1. The van der Waals surface area contributed by atoms with Gasteiger partial charge in [0.05, 0.1) is 23.3 Å². The van der Waals surface area contributed by atoms with Crippen LogP contribution in [0.15, 0.2) is 65.7 Å². The number of hydrogen-bond acceptors (Lipinski definition) is 6. The van der Waals surface area contributed by atoms with Crippen molar-refractivity contribution < 1.29 is 17.9 Å². The molecule has 0 aliphatic carbocycles. The molecule has 0 bridgehead atoms.